The maximum Gasteiger partial charge on any atom is 0.336 e. The number of carbonyl (C=O) groups excluding carboxylic acids is 2. The van der Waals surface area contributed by atoms with Crippen molar-refractivity contribution in [1.82, 2.24) is 15.2 Å². The summed E-state index contributed by atoms with van der Waals surface area (Å²) in [5, 5.41) is 16.0. The largest absolute Gasteiger partial charge is 0.478 e. The van der Waals surface area contributed by atoms with E-state index in [-0.39, 0.29) is 60.5 Å². The number of halogens is 3. The highest BCUT2D eigenvalue weighted by Crippen LogP contribution is 2.27. The molecule has 9 nitrogen and oxygen atoms in total. The van der Waals surface area contributed by atoms with Gasteiger partial charge in [-0.2, -0.15) is 0 Å². The van der Waals surface area contributed by atoms with Gasteiger partial charge in [0.15, 0.2) is 0 Å². The van der Waals surface area contributed by atoms with Gasteiger partial charge >= 0.3 is 5.97 Å². The molecular formula is C24H36Cl3N5O4. The highest BCUT2D eigenvalue weighted by Gasteiger charge is 2.22. The van der Waals surface area contributed by atoms with Crippen molar-refractivity contribution < 1.29 is 19.5 Å². The maximum absolute atomic E-state index is 12.1. The average molecular weight is 565 g/mol. The van der Waals surface area contributed by atoms with Crippen LogP contribution in [0.3, 0.4) is 0 Å². The van der Waals surface area contributed by atoms with Gasteiger partial charge in [0.2, 0.25) is 11.8 Å². The Morgan fingerprint density at radius 2 is 1.69 bits per heavy atom. The van der Waals surface area contributed by atoms with E-state index in [0.717, 1.165) is 6.42 Å². The lowest BCUT2D eigenvalue weighted by molar-refractivity contribution is -0.122. The number of carbonyl (C=O) groups is 3. The van der Waals surface area contributed by atoms with Crippen LogP contribution in [-0.2, 0) is 9.59 Å². The number of nitrogens with one attached hydrogen (secondary N) is 2. The molecule has 12 heteroatoms. The number of anilines is 2. The summed E-state index contributed by atoms with van der Waals surface area (Å²) in [5.41, 5.74) is 1.27. The van der Waals surface area contributed by atoms with Crippen LogP contribution in [0.15, 0.2) is 24.3 Å². The van der Waals surface area contributed by atoms with Crippen molar-refractivity contribution in [2.24, 2.45) is 5.92 Å². The molecule has 36 heavy (non-hydrogen) atoms. The van der Waals surface area contributed by atoms with E-state index in [4.69, 9.17) is 0 Å². The minimum atomic E-state index is -1.04. The van der Waals surface area contributed by atoms with E-state index in [1.54, 1.807) is 24.3 Å². The molecule has 1 aliphatic rings. The fourth-order valence-electron chi connectivity index (χ4n) is 3.87. The summed E-state index contributed by atoms with van der Waals surface area (Å²) in [6.45, 7) is 9.70. The Hall–Kier alpha value is -2.33. The molecular weight excluding hydrogens is 529 g/mol. The van der Waals surface area contributed by atoms with Crippen LogP contribution in [0.5, 0.6) is 0 Å². The van der Waals surface area contributed by atoms with Crippen molar-refractivity contribution in [2.45, 2.75) is 33.6 Å². The first kappa shape index (κ1) is 33.7. The summed E-state index contributed by atoms with van der Waals surface area (Å²) >= 11 is 0. The highest BCUT2D eigenvalue weighted by molar-refractivity contribution is 6.05. The van der Waals surface area contributed by atoms with E-state index >= 15 is 0 Å². The summed E-state index contributed by atoms with van der Waals surface area (Å²) < 4.78 is 0. The van der Waals surface area contributed by atoms with Crippen molar-refractivity contribution >= 4 is 77.4 Å². The normalized spacial score (nSPS) is 13.3. The van der Waals surface area contributed by atoms with Crippen LogP contribution < -0.4 is 15.5 Å². The topological polar surface area (TPSA) is 115 Å². The second kappa shape index (κ2) is 15.7. The van der Waals surface area contributed by atoms with Crippen molar-refractivity contribution in [3.05, 3.63) is 29.8 Å². The zero-order chi connectivity index (χ0) is 24.0. The molecule has 1 saturated heterocycles. The first-order valence-electron chi connectivity index (χ1n) is 11.5. The number of pyridine rings is 1. The number of hydrogen-bond donors (Lipinski definition) is 3. The van der Waals surface area contributed by atoms with Gasteiger partial charge in [-0.25, -0.2) is 9.78 Å². The van der Waals surface area contributed by atoms with E-state index < -0.39 is 5.97 Å². The number of carboxylic acid groups (broad SMARTS) is 1. The van der Waals surface area contributed by atoms with Crippen molar-refractivity contribution in [2.75, 3.05) is 49.5 Å². The molecule has 1 aromatic carbocycles. The van der Waals surface area contributed by atoms with Gasteiger partial charge in [-0.05, 0) is 36.6 Å². The van der Waals surface area contributed by atoms with Gasteiger partial charge in [0.25, 0.3) is 0 Å². The zero-order valence-electron chi connectivity index (χ0n) is 20.8. The second-order valence-corrected chi connectivity index (χ2v) is 8.82. The minimum Gasteiger partial charge on any atom is -0.478 e. The zero-order valence-corrected chi connectivity index (χ0v) is 23.2. The van der Waals surface area contributed by atoms with E-state index in [1.807, 2.05) is 25.7 Å². The van der Waals surface area contributed by atoms with Crippen molar-refractivity contribution in [1.29, 1.82) is 0 Å². The monoisotopic (exact) mass is 563 g/mol. The summed E-state index contributed by atoms with van der Waals surface area (Å²) in [6.07, 6.45) is 1.30. The summed E-state index contributed by atoms with van der Waals surface area (Å²) in [7, 11) is 0. The van der Waals surface area contributed by atoms with Crippen LogP contribution in [0, 0.1) is 5.92 Å². The van der Waals surface area contributed by atoms with Gasteiger partial charge < -0.3 is 20.6 Å². The predicted molar refractivity (Wildman–Crippen MR) is 150 cm³/mol. The fraction of sp³-hybridized carbons (Fsp3) is 0.500. The number of hydrogen-bond acceptors (Lipinski definition) is 6. The van der Waals surface area contributed by atoms with E-state index in [1.165, 1.54) is 0 Å². The molecule has 2 heterocycles. The van der Waals surface area contributed by atoms with Crippen LogP contribution in [0.25, 0.3) is 10.9 Å². The third-order valence-corrected chi connectivity index (χ3v) is 5.54. The van der Waals surface area contributed by atoms with E-state index in [9.17, 15) is 19.5 Å². The number of nitrogens with zero attached hydrogens (tertiary/aromatic N) is 3. The molecule has 0 atom stereocenters. The number of piperazine rings is 1. The van der Waals surface area contributed by atoms with Gasteiger partial charge in [0.1, 0.15) is 5.82 Å². The first-order valence-corrected chi connectivity index (χ1v) is 11.5. The fourth-order valence-corrected chi connectivity index (χ4v) is 3.87. The van der Waals surface area contributed by atoms with Gasteiger partial charge in [0.05, 0.1) is 17.6 Å². The number of amides is 2. The molecule has 1 aromatic heterocycles. The summed E-state index contributed by atoms with van der Waals surface area (Å²) in [6, 6.07) is 6.75. The number of rotatable bonds is 9. The molecule has 2 amide bonds. The van der Waals surface area contributed by atoms with Crippen molar-refractivity contribution in [3.8, 4) is 0 Å². The van der Waals surface area contributed by atoms with Gasteiger partial charge in [-0.3, -0.25) is 14.5 Å². The van der Waals surface area contributed by atoms with Crippen LogP contribution in [0.1, 0.15) is 44.0 Å². The predicted octanol–water partition coefficient (Wildman–Crippen LogP) is 3.83. The molecule has 0 unspecified atom stereocenters. The minimum absolute atomic E-state index is 0. The molecule has 0 spiro atoms. The first-order chi connectivity index (χ1) is 15.8. The number of aromatic carboxylic acids is 1. The molecule has 1 aliphatic heterocycles. The van der Waals surface area contributed by atoms with Crippen LogP contribution in [0.2, 0.25) is 0 Å². The Morgan fingerprint density at radius 3 is 2.28 bits per heavy atom. The van der Waals surface area contributed by atoms with Crippen molar-refractivity contribution in [3.63, 3.8) is 0 Å². The molecule has 3 rings (SSSR count). The Kier molecular flexibility index (Phi) is 14.7. The Labute approximate surface area is 230 Å². The molecule has 0 saturated carbocycles. The Bertz CT molecular complexity index is 1030. The number of fused-ring (bicyclic) bond motifs is 1. The third-order valence-electron chi connectivity index (χ3n) is 5.54. The lowest BCUT2D eigenvalue weighted by atomic mass is 10.1. The van der Waals surface area contributed by atoms with Crippen LogP contribution >= 0.6 is 37.2 Å². The smallest absolute Gasteiger partial charge is 0.336 e. The number of benzene rings is 1. The van der Waals surface area contributed by atoms with E-state index in [0.29, 0.717) is 68.1 Å². The summed E-state index contributed by atoms with van der Waals surface area (Å²) in [4.78, 5) is 44.9. The van der Waals surface area contributed by atoms with E-state index in [2.05, 4.69) is 20.5 Å². The lowest BCUT2D eigenvalue weighted by Gasteiger charge is -2.35. The number of carboxylic acids is 1. The molecule has 202 valence electrons. The third kappa shape index (κ3) is 9.28. The molecule has 0 bridgehead atoms. The van der Waals surface area contributed by atoms with Gasteiger partial charge in [-0.15, -0.1) is 37.2 Å². The Morgan fingerprint density at radius 1 is 1.03 bits per heavy atom. The van der Waals surface area contributed by atoms with Crippen LogP contribution in [0.4, 0.5) is 11.5 Å². The lowest BCUT2D eigenvalue weighted by Crippen LogP contribution is -2.49. The highest BCUT2D eigenvalue weighted by atomic mass is 35.5. The molecule has 3 N–H and O–H groups in total. The standard InChI is InChI=1S/C24H33N5O4.3ClH/c1-4-7-25-23(31)15-28-8-10-29(11-9-28)21-14-19(24(32)33)18-13-17(5-6-20(18)27-21)26-22(30)12-16(2)3;;;/h5-6,13-14,16H,4,7-12,15H2,1-3H3,(H,25,31)(H,26,30)(H,32,33);3*1H. The molecule has 0 aliphatic carbocycles. The molecule has 1 fully saturated rings. The average Bonchev–Trinajstić information content (AvgIpc) is 2.76. The maximum atomic E-state index is 12.1. The van der Waals surface area contributed by atoms with Gasteiger partial charge in [-0.1, -0.05) is 20.8 Å². The molecule has 0 radical (unpaired) electrons. The quantitative estimate of drug-likeness (QED) is 0.424. The Balaban J connectivity index is 0.00000408. The van der Waals surface area contributed by atoms with Gasteiger partial charge in [0, 0.05) is 50.2 Å². The number of aromatic nitrogens is 1. The SMILES string of the molecule is CCCNC(=O)CN1CCN(c2cc(C(=O)O)c3cc(NC(=O)CC(C)C)ccc3n2)CC1.Cl.Cl.Cl. The van der Waals surface area contributed by atoms with Crippen LogP contribution in [-0.4, -0.2) is 72.0 Å². The second-order valence-electron chi connectivity index (χ2n) is 8.82. The summed E-state index contributed by atoms with van der Waals surface area (Å²) in [5.74, 6) is -0.284. The molecule has 2 aromatic rings.